The van der Waals surface area contributed by atoms with Gasteiger partial charge in [0.05, 0.1) is 0 Å². The van der Waals surface area contributed by atoms with Gasteiger partial charge in [0, 0.05) is 66.8 Å². The van der Waals surface area contributed by atoms with Crippen LogP contribution < -0.4 is 14.5 Å². The minimum Gasteiger partial charge on any atom is -0.509 e. The summed E-state index contributed by atoms with van der Waals surface area (Å²) in [6.07, 6.45) is 3.91. The van der Waals surface area contributed by atoms with Gasteiger partial charge in [0.15, 0.2) is 0 Å². The molecule has 3 heterocycles. The molecule has 9 rings (SSSR count). The van der Waals surface area contributed by atoms with Gasteiger partial charge in [-0.3, -0.25) is 0 Å². The number of pyridine rings is 1. The SMILES string of the molecule is CCC(CC)(c1ccccc1)c1cc(N2[CH-]N(c3[c-]c(Oc4[c-]c5c(cc4)c4ccccc4n5-c4cc(C(C)(C)C)ccn4)ccc3)c3ccccc32)cc(C(C)(C)C)c1.[Pt]. The number of fused-ring (bicyclic) bond motifs is 4. The van der Waals surface area contributed by atoms with Gasteiger partial charge >= 0.3 is 0 Å². The zero-order valence-corrected chi connectivity index (χ0v) is 38.6. The molecule has 61 heavy (non-hydrogen) atoms. The monoisotopic (exact) mass is 980 g/mol. The molecule has 312 valence electrons. The fourth-order valence-electron chi connectivity index (χ4n) is 8.89. The van der Waals surface area contributed by atoms with Crippen LogP contribution in [0.5, 0.6) is 11.5 Å². The van der Waals surface area contributed by atoms with E-state index < -0.39 is 0 Å². The van der Waals surface area contributed by atoms with E-state index in [0.717, 1.165) is 63.2 Å². The van der Waals surface area contributed by atoms with Crippen molar-refractivity contribution in [2.75, 3.05) is 9.80 Å². The molecule has 0 radical (unpaired) electrons. The zero-order chi connectivity index (χ0) is 41.8. The van der Waals surface area contributed by atoms with Gasteiger partial charge in [-0.15, -0.1) is 48.1 Å². The summed E-state index contributed by atoms with van der Waals surface area (Å²) in [5.41, 5.74) is 11.3. The van der Waals surface area contributed by atoms with Crippen molar-refractivity contribution < 1.29 is 25.8 Å². The second kappa shape index (κ2) is 16.3. The van der Waals surface area contributed by atoms with Gasteiger partial charge in [-0.1, -0.05) is 128 Å². The Morgan fingerprint density at radius 1 is 0.574 bits per heavy atom. The van der Waals surface area contributed by atoms with E-state index >= 15 is 0 Å². The normalized spacial score (nSPS) is 13.1. The number of hydrogen-bond donors (Lipinski definition) is 0. The molecule has 0 bridgehead atoms. The van der Waals surface area contributed by atoms with Gasteiger partial charge in [-0.2, -0.15) is 12.1 Å². The quantitative estimate of drug-likeness (QED) is 0.135. The number of anilines is 4. The molecular formula is C55H53N4OPt-3. The van der Waals surface area contributed by atoms with Gasteiger partial charge < -0.3 is 19.1 Å². The molecule has 5 nitrogen and oxygen atoms in total. The molecule has 1 aliphatic rings. The molecule has 0 atom stereocenters. The summed E-state index contributed by atoms with van der Waals surface area (Å²) in [5.74, 6) is 2.08. The minimum absolute atomic E-state index is 0. The van der Waals surface area contributed by atoms with Gasteiger partial charge in [-0.25, -0.2) is 4.98 Å². The summed E-state index contributed by atoms with van der Waals surface area (Å²) < 4.78 is 8.82. The summed E-state index contributed by atoms with van der Waals surface area (Å²) in [4.78, 5) is 9.40. The fourth-order valence-corrected chi connectivity index (χ4v) is 8.89. The van der Waals surface area contributed by atoms with Crippen LogP contribution in [-0.4, -0.2) is 9.55 Å². The minimum atomic E-state index is -0.114. The van der Waals surface area contributed by atoms with Gasteiger partial charge in [0.25, 0.3) is 0 Å². The standard InChI is InChI=1S/C55H53N4O.Pt/c1-9-55(10-2,38-19-12-11-13-20-38)41-31-40(54(6,7)8)32-43(33-41)58-37-57(49-25-16-17-26-50(49)58)42-21-18-22-44(35-42)60-45-27-28-47-46-23-14-15-24-48(46)59(51(47)36-45)52-34-39(29-30-56-52)53(3,4)5;/h11-34,37H,9-10H2,1-8H3;/q-3;. The molecule has 6 aromatic carbocycles. The van der Waals surface area contributed by atoms with Crippen LogP contribution in [0.1, 0.15) is 90.5 Å². The molecule has 0 saturated carbocycles. The smallest absolute Gasteiger partial charge is 0.135 e. The Balaban J connectivity index is 0.00000514. The summed E-state index contributed by atoms with van der Waals surface area (Å²) in [5, 5.41) is 2.24. The van der Waals surface area contributed by atoms with E-state index in [1.165, 1.54) is 22.3 Å². The number of nitrogens with zero attached hydrogens (tertiary/aromatic N) is 4. The summed E-state index contributed by atoms with van der Waals surface area (Å²) in [6.45, 7) is 20.5. The maximum absolute atomic E-state index is 6.63. The van der Waals surface area contributed by atoms with Crippen LogP contribution in [0.4, 0.5) is 22.7 Å². The molecular weight excluding hydrogens is 928 g/mol. The van der Waals surface area contributed by atoms with E-state index in [0.29, 0.717) is 11.5 Å². The van der Waals surface area contributed by atoms with Crippen LogP contribution in [0, 0.1) is 18.8 Å². The number of benzene rings is 6. The van der Waals surface area contributed by atoms with Gasteiger partial charge in [0.1, 0.15) is 5.82 Å². The van der Waals surface area contributed by atoms with Gasteiger partial charge in [0.2, 0.25) is 0 Å². The van der Waals surface area contributed by atoms with Crippen LogP contribution in [0.2, 0.25) is 0 Å². The predicted octanol–water partition coefficient (Wildman–Crippen LogP) is 14.7. The first kappa shape index (κ1) is 42.1. The molecule has 0 N–H and O–H groups in total. The van der Waals surface area contributed by atoms with Crippen LogP contribution in [0.25, 0.3) is 27.6 Å². The Hall–Kier alpha value is -5.64. The average molecular weight is 981 g/mol. The van der Waals surface area contributed by atoms with Crippen molar-refractivity contribution in [3.05, 3.63) is 187 Å². The van der Waals surface area contributed by atoms with Gasteiger partial charge in [-0.05, 0) is 93.8 Å². The largest absolute Gasteiger partial charge is 0.509 e. The molecule has 0 amide bonds. The second-order valence-corrected chi connectivity index (χ2v) is 18.1. The molecule has 6 heteroatoms. The maximum atomic E-state index is 6.63. The van der Waals surface area contributed by atoms with Crippen LogP contribution in [0.3, 0.4) is 0 Å². The first-order chi connectivity index (χ1) is 28.9. The second-order valence-electron chi connectivity index (χ2n) is 18.1. The molecule has 0 unspecified atom stereocenters. The first-order valence-electron chi connectivity index (χ1n) is 21.2. The number of para-hydroxylation sites is 3. The first-order valence-corrected chi connectivity index (χ1v) is 21.2. The third kappa shape index (κ3) is 7.67. The number of aromatic nitrogens is 2. The van der Waals surface area contributed by atoms with E-state index in [-0.39, 0.29) is 37.3 Å². The maximum Gasteiger partial charge on any atom is 0.135 e. The van der Waals surface area contributed by atoms with Crippen molar-refractivity contribution in [2.24, 2.45) is 0 Å². The number of ether oxygens (including phenoxy) is 1. The molecule has 0 fully saturated rings. The van der Waals surface area contributed by atoms with E-state index in [2.05, 4.69) is 210 Å². The predicted molar refractivity (Wildman–Crippen MR) is 249 cm³/mol. The van der Waals surface area contributed by atoms with Crippen molar-refractivity contribution in [1.82, 2.24) is 9.55 Å². The van der Waals surface area contributed by atoms with Crippen LogP contribution in [-0.2, 0) is 37.3 Å². The number of hydrogen-bond acceptors (Lipinski definition) is 4. The Labute approximate surface area is 376 Å². The van der Waals surface area contributed by atoms with Crippen molar-refractivity contribution in [3.63, 3.8) is 0 Å². The van der Waals surface area contributed by atoms with E-state index in [1.54, 1.807) is 0 Å². The van der Waals surface area contributed by atoms with E-state index in [1.807, 2.05) is 24.4 Å². The van der Waals surface area contributed by atoms with Crippen LogP contribution >= 0.6 is 0 Å². The molecule has 0 spiro atoms. The number of rotatable bonds is 9. The van der Waals surface area contributed by atoms with Crippen LogP contribution in [0.15, 0.2) is 146 Å². The molecule has 2 aromatic heterocycles. The Morgan fingerprint density at radius 3 is 1.95 bits per heavy atom. The Morgan fingerprint density at radius 2 is 1.23 bits per heavy atom. The molecule has 0 saturated heterocycles. The third-order valence-electron chi connectivity index (χ3n) is 12.4. The molecule has 0 aliphatic carbocycles. The summed E-state index contributed by atoms with van der Waals surface area (Å²) in [7, 11) is 0. The van der Waals surface area contributed by atoms with E-state index in [4.69, 9.17) is 9.72 Å². The topological polar surface area (TPSA) is 33.5 Å². The van der Waals surface area contributed by atoms with Crippen molar-refractivity contribution in [1.29, 1.82) is 0 Å². The van der Waals surface area contributed by atoms with Crippen molar-refractivity contribution in [2.45, 2.75) is 84.5 Å². The Kier molecular flexibility index (Phi) is 11.3. The Bertz CT molecular complexity index is 2840. The van der Waals surface area contributed by atoms with E-state index in [9.17, 15) is 0 Å². The van der Waals surface area contributed by atoms with Crippen molar-refractivity contribution in [3.8, 4) is 17.3 Å². The zero-order valence-electron chi connectivity index (χ0n) is 36.4. The average Bonchev–Trinajstić information content (AvgIpc) is 3.80. The molecule has 8 aromatic rings. The summed E-state index contributed by atoms with van der Waals surface area (Å²) >= 11 is 0. The summed E-state index contributed by atoms with van der Waals surface area (Å²) in [6, 6.07) is 57.1. The fraction of sp³-hybridized carbons (Fsp3) is 0.236. The third-order valence-corrected chi connectivity index (χ3v) is 12.4. The van der Waals surface area contributed by atoms with Crippen molar-refractivity contribution >= 4 is 44.6 Å². The molecule has 1 aliphatic heterocycles.